The predicted octanol–water partition coefficient (Wildman–Crippen LogP) is 3.63. The van der Waals surface area contributed by atoms with Crippen LogP contribution in [0.1, 0.15) is 37.0 Å². The monoisotopic (exact) mass is 286 g/mol. The van der Waals surface area contributed by atoms with Crippen molar-refractivity contribution < 1.29 is 14.3 Å². The Kier molecular flexibility index (Phi) is 4.58. The van der Waals surface area contributed by atoms with Crippen molar-refractivity contribution in [3.8, 4) is 17.1 Å². The largest absolute Gasteiger partial charge is 0.507 e. The molecule has 4 heteroatoms. The van der Waals surface area contributed by atoms with E-state index < -0.39 is 5.63 Å². The maximum absolute atomic E-state index is 12.0. The first kappa shape index (κ1) is 15.0. The van der Waals surface area contributed by atoms with E-state index in [1.54, 1.807) is 24.3 Å². The van der Waals surface area contributed by atoms with Gasteiger partial charge in [0.15, 0.2) is 5.78 Å². The van der Waals surface area contributed by atoms with Crippen molar-refractivity contribution in [2.24, 2.45) is 5.92 Å². The van der Waals surface area contributed by atoms with E-state index in [2.05, 4.69) is 0 Å². The van der Waals surface area contributed by atoms with Gasteiger partial charge in [0, 0.05) is 18.1 Å². The van der Waals surface area contributed by atoms with Crippen LogP contribution < -0.4 is 5.63 Å². The molecule has 1 aromatic heterocycles. The fourth-order valence-corrected chi connectivity index (χ4v) is 2.03. The molecule has 0 radical (unpaired) electrons. The molecule has 4 nitrogen and oxygen atoms in total. The summed E-state index contributed by atoms with van der Waals surface area (Å²) in [5.41, 5.74) is -0.371. The molecule has 0 atom stereocenters. The van der Waals surface area contributed by atoms with Crippen LogP contribution in [-0.4, -0.2) is 10.9 Å². The zero-order valence-electron chi connectivity index (χ0n) is 12.1. The molecule has 0 unspecified atom stereocenters. The molecule has 0 spiro atoms. The maximum atomic E-state index is 12.0. The van der Waals surface area contributed by atoms with Gasteiger partial charge in [-0.25, -0.2) is 4.79 Å². The van der Waals surface area contributed by atoms with Crippen molar-refractivity contribution in [1.29, 1.82) is 0 Å². The predicted molar refractivity (Wildman–Crippen MR) is 80.5 cm³/mol. The maximum Gasteiger partial charge on any atom is 0.351 e. The Morgan fingerprint density at radius 2 is 1.90 bits per heavy atom. The molecule has 1 aromatic carbocycles. The Bertz CT molecular complexity index is 684. The highest BCUT2D eigenvalue weighted by Crippen LogP contribution is 2.25. The SMILES string of the molecule is CC(C)CCC(=O)c1c(O)cc(-c2ccccc2)oc1=O. The number of hydrogen-bond donors (Lipinski definition) is 1. The number of benzene rings is 1. The number of Topliss-reactive ketones (excluding diaryl/α,β-unsaturated/α-hetero) is 1. The fraction of sp³-hybridized carbons (Fsp3) is 0.294. The van der Waals surface area contributed by atoms with E-state index in [0.717, 1.165) is 0 Å². The molecule has 2 aromatic rings. The smallest absolute Gasteiger partial charge is 0.351 e. The van der Waals surface area contributed by atoms with Gasteiger partial charge in [0.25, 0.3) is 0 Å². The van der Waals surface area contributed by atoms with Crippen molar-refractivity contribution in [3.63, 3.8) is 0 Å². The third-order valence-electron chi connectivity index (χ3n) is 3.22. The summed E-state index contributed by atoms with van der Waals surface area (Å²) in [5.74, 6) is -0.0985. The average molecular weight is 286 g/mol. The zero-order valence-corrected chi connectivity index (χ0v) is 12.1. The van der Waals surface area contributed by atoms with Gasteiger partial charge >= 0.3 is 5.63 Å². The van der Waals surface area contributed by atoms with E-state index in [0.29, 0.717) is 17.9 Å². The summed E-state index contributed by atoms with van der Waals surface area (Å²) in [7, 11) is 0. The van der Waals surface area contributed by atoms with Crippen LogP contribution in [0.2, 0.25) is 0 Å². The Labute approximate surface area is 123 Å². The minimum atomic E-state index is -0.789. The van der Waals surface area contributed by atoms with Crippen molar-refractivity contribution in [1.82, 2.24) is 0 Å². The molecule has 0 aliphatic rings. The van der Waals surface area contributed by atoms with Crippen LogP contribution in [0.3, 0.4) is 0 Å². The Balaban J connectivity index is 2.34. The molecule has 0 bridgehead atoms. The van der Waals surface area contributed by atoms with Gasteiger partial charge in [-0.2, -0.15) is 0 Å². The lowest BCUT2D eigenvalue weighted by atomic mass is 10.0. The second-order valence-electron chi connectivity index (χ2n) is 5.38. The molecule has 0 aliphatic heterocycles. The second-order valence-corrected chi connectivity index (χ2v) is 5.38. The van der Waals surface area contributed by atoms with E-state index in [1.165, 1.54) is 6.07 Å². The van der Waals surface area contributed by atoms with Crippen LogP contribution in [0.15, 0.2) is 45.6 Å². The number of rotatable bonds is 5. The number of hydrogen-bond acceptors (Lipinski definition) is 4. The third-order valence-corrected chi connectivity index (χ3v) is 3.22. The number of ketones is 1. The summed E-state index contributed by atoms with van der Waals surface area (Å²) < 4.78 is 5.17. The van der Waals surface area contributed by atoms with E-state index in [-0.39, 0.29) is 29.3 Å². The van der Waals surface area contributed by atoms with Gasteiger partial charge in [0.1, 0.15) is 17.1 Å². The zero-order chi connectivity index (χ0) is 15.4. The Morgan fingerprint density at radius 3 is 2.48 bits per heavy atom. The van der Waals surface area contributed by atoms with Gasteiger partial charge < -0.3 is 9.52 Å². The van der Waals surface area contributed by atoms with E-state index >= 15 is 0 Å². The molecular weight excluding hydrogens is 268 g/mol. The lowest BCUT2D eigenvalue weighted by Gasteiger charge is -2.06. The van der Waals surface area contributed by atoms with Gasteiger partial charge in [-0.15, -0.1) is 0 Å². The number of carbonyl (C=O) groups excluding carboxylic acids is 1. The second kappa shape index (κ2) is 6.39. The minimum Gasteiger partial charge on any atom is -0.507 e. The van der Waals surface area contributed by atoms with E-state index in [4.69, 9.17) is 4.42 Å². The van der Waals surface area contributed by atoms with Crippen LogP contribution in [0, 0.1) is 5.92 Å². The van der Waals surface area contributed by atoms with E-state index in [9.17, 15) is 14.7 Å². The molecule has 2 rings (SSSR count). The first-order valence-electron chi connectivity index (χ1n) is 6.94. The van der Waals surface area contributed by atoms with E-state index in [1.807, 2.05) is 19.9 Å². The minimum absolute atomic E-state index is 0.223. The normalized spacial score (nSPS) is 10.8. The van der Waals surface area contributed by atoms with Crippen molar-refractivity contribution in [3.05, 3.63) is 52.4 Å². The van der Waals surface area contributed by atoms with Crippen LogP contribution in [0.5, 0.6) is 5.75 Å². The molecule has 1 N–H and O–H groups in total. The summed E-state index contributed by atoms with van der Waals surface area (Å²) in [6.45, 7) is 3.99. The summed E-state index contributed by atoms with van der Waals surface area (Å²) in [6.07, 6.45) is 0.888. The third kappa shape index (κ3) is 3.60. The summed E-state index contributed by atoms with van der Waals surface area (Å²) in [5, 5.41) is 9.99. The number of carbonyl (C=O) groups is 1. The highest BCUT2D eigenvalue weighted by atomic mass is 16.4. The van der Waals surface area contributed by atoms with Crippen molar-refractivity contribution in [2.75, 3.05) is 0 Å². The van der Waals surface area contributed by atoms with Crippen molar-refractivity contribution in [2.45, 2.75) is 26.7 Å². The quantitative estimate of drug-likeness (QED) is 0.852. The molecule has 21 heavy (non-hydrogen) atoms. The van der Waals surface area contributed by atoms with Crippen LogP contribution >= 0.6 is 0 Å². The van der Waals surface area contributed by atoms with Gasteiger partial charge in [0.2, 0.25) is 0 Å². The van der Waals surface area contributed by atoms with Crippen LogP contribution in [0.4, 0.5) is 0 Å². The fourth-order valence-electron chi connectivity index (χ4n) is 2.03. The molecule has 110 valence electrons. The molecule has 0 saturated carbocycles. The van der Waals surface area contributed by atoms with Gasteiger partial charge in [-0.1, -0.05) is 44.2 Å². The highest BCUT2D eigenvalue weighted by molar-refractivity contribution is 5.98. The van der Waals surface area contributed by atoms with Gasteiger partial charge in [-0.3, -0.25) is 4.79 Å². The number of aromatic hydroxyl groups is 1. The molecule has 0 saturated heterocycles. The average Bonchev–Trinajstić information content (AvgIpc) is 2.45. The van der Waals surface area contributed by atoms with Crippen molar-refractivity contribution >= 4 is 5.78 Å². The highest BCUT2D eigenvalue weighted by Gasteiger charge is 2.19. The summed E-state index contributed by atoms with van der Waals surface area (Å²) in [4.78, 5) is 24.0. The van der Waals surface area contributed by atoms with Crippen LogP contribution in [-0.2, 0) is 0 Å². The Morgan fingerprint density at radius 1 is 1.24 bits per heavy atom. The topological polar surface area (TPSA) is 67.5 Å². The molecule has 0 aliphatic carbocycles. The molecular formula is C17H18O4. The lowest BCUT2D eigenvalue weighted by molar-refractivity contribution is 0.0968. The molecule has 0 fully saturated rings. The van der Waals surface area contributed by atoms with Gasteiger partial charge in [-0.05, 0) is 12.3 Å². The summed E-state index contributed by atoms with van der Waals surface area (Å²) in [6, 6.07) is 10.3. The lowest BCUT2D eigenvalue weighted by Crippen LogP contribution is -2.15. The standard InChI is InChI=1S/C17H18O4/c1-11(2)8-9-13(18)16-14(19)10-15(21-17(16)20)12-6-4-3-5-7-12/h3-7,10-11,19H,8-9H2,1-2H3. The van der Waals surface area contributed by atoms with Gasteiger partial charge in [0.05, 0.1) is 0 Å². The molecule has 1 heterocycles. The molecule has 0 amide bonds. The first-order chi connectivity index (χ1) is 9.99. The van der Waals surface area contributed by atoms with Crippen LogP contribution in [0.25, 0.3) is 11.3 Å². The Hall–Kier alpha value is -2.36. The summed E-state index contributed by atoms with van der Waals surface area (Å²) >= 11 is 0. The first-order valence-corrected chi connectivity index (χ1v) is 6.94.